The van der Waals surface area contributed by atoms with Crippen molar-refractivity contribution >= 4 is 28.3 Å². The Balaban J connectivity index is 2.21. The highest BCUT2D eigenvalue weighted by molar-refractivity contribution is 14.1. The summed E-state index contributed by atoms with van der Waals surface area (Å²) in [6.45, 7) is 1.16. The lowest BCUT2D eigenvalue weighted by molar-refractivity contribution is -0.386. The second-order valence-corrected chi connectivity index (χ2v) is 4.72. The van der Waals surface area contributed by atoms with E-state index in [1.54, 1.807) is 12.1 Å². The van der Waals surface area contributed by atoms with Gasteiger partial charge >= 0.3 is 5.69 Å². The van der Waals surface area contributed by atoms with E-state index in [2.05, 4.69) is 0 Å². The second kappa shape index (κ2) is 4.96. The first kappa shape index (κ1) is 11.6. The smallest absolute Gasteiger partial charge is 0.311 e. The van der Waals surface area contributed by atoms with Gasteiger partial charge in [0.05, 0.1) is 18.1 Å². The summed E-state index contributed by atoms with van der Waals surface area (Å²) in [7, 11) is 0. The van der Waals surface area contributed by atoms with Crippen molar-refractivity contribution in [1.29, 1.82) is 0 Å². The molecule has 0 amide bonds. The number of nitro groups is 1. The Labute approximate surface area is 106 Å². The van der Waals surface area contributed by atoms with Crippen LogP contribution in [0.5, 0.6) is 5.75 Å². The van der Waals surface area contributed by atoms with E-state index in [-0.39, 0.29) is 11.8 Å². The maximum Gasteiger partial charge on any atom is 0.311 e. The molecule has 2 rings (SSSR count). The number of benzene rings is 1. The van der Waals surface area contributed by atoms with E-state index in [0.29, 0.717) is 19.0 Å². The number of nitro benzene ring substituents is 1. The Morgan fingerprint density at radius 3 is 3.00 bits per heavy atom. The van der Waals surface area contributed by atoms with Crippen LogP contribution in [0.4, 0.5) is 5.69 Å². The third-order valence-corrected chi connectivity index (χ3v) is 2.97. The maximum absolute atomic E-state index is 10.8. The molecule has 1 fully saturated rings. The lowest BCUT2D eigenvalue weighted by Gasteiger charge is -2.11. The molecule has 1 aromatic carbocycles. The van der Waals surface area contributed by atoms with E-state index in [1.165, 1.54) is 6.07 Å². The van der Waals surface area contributed by atoms with Crippen molar-refractivity contribution in [3.63, 3.8) is 0 Å². The van der Waals surface area contributed by atoms with Gasteiger partial charge in [-0.3, -0.25) is 10.1 Å². The number of hydrogen-bond donors (Lipinski definition) is 0. The third-order valence-electron chi connectivity index (χ3n) is 2.30. The molecule has 1 saturated heterocycles. The van der Waals surface area contributed by atoms with Crippen LogP contribution in [-0.2, 0) is 4.74 Å². The summed E-state index contributed by atoms with van der Waals surface area (Å²) in [4.78, 5) is 10.4. The number of hydrogen-bond acceptors (Lipinski definition) is 4. The van der Waals surface area contributed by atoms with E-state index in [0.717, 1.165) is 9.99 Å². The maximum atomic E-state index is 10.8. The first-order valence-corrected chi connectivity index (χ1v) is 5.93. The zero-order chi connectivity index (χ0) is 11.5. The highest BCUT2D eigenvalue weighted by atomic mass is 127. The van der Waals surface area contributed by atoms with Gasteiger partial charge in [-0.2, -0.15) is 0 Å². The van der Waals surface area contributed by atoms with Crippen molar-refractivity contribution in [2.45, 2.75) is 12.5 Å². The quantitative estimate of drug-likeness (QED) is 0.483. The zero-order valence-electron chi connectivity index (χ0n) is 8.39. The van der Waals surface area contributed by atoms with Gasteiger partial charge in [0.1, 0.15) is 6.10 Å². The molecule has 6 heteroatoms. The molecule has 0 saturated carbocycles. The molecule has 0 aliphatic carbocycles. The predicted molar refractivity (Wildman–Crippen MR) is 65.7 cm³/mol. The van der Waals surface area contributed by atoms with Crippen LogP contribution in [0.15, 0.2) is 18.2 Å². The average molecular weight is 335 g/mol. The minimum Gasteiger partial charge on any atom is -0.481 e. The molecule has 5 nitrogen and oxygen atoms in total. The third kappa shape index (κ3) is 2.62. The molecule has 0 N–H and O–H groups in total. The molecule has 86 valence electrons. The normalized spacial score (nSPS) is 19.7. The number of rotatable bonds is 3. The van der Waals surface area contributed by atoms with Crippen molar-refractivity contribution in [2.75, 3.05) is 13.2 Å². The van der Waals surface area contributed by atoms with E-state index < -0.39 is 4.92 Å². The number of ether oxygens (including phenoxy) is 2. The van der Waals surface area contributed by atoms with Crippen LogP contribution in [0, 0.1) is 13.7 Å². The van der Waals surface area contributed by atoms with Crippen LogP contribution in [0.25, 0.3) is 0 Å². The van der Waals surface area contributed by atoms with Crippen LogP contribution in [0.3, 0.4) is 0 Å². The summed E-state index contributed by atoms with van der Waals surface area (Å²) < 4.78 is 11.5. The van der Waals surface area contributed by atoms with Crippen LogP contribution >= 0.6 is 22.6 Å². The molecule has 16 heavy (non-hydrogen) atoms. The summed E-state index contributed by atoms with van der Waals surface area (Å²) in [6, 6.07) is 4.93. The first-order chi connectivity index (χ1) is 7.66. The molecular weight excluding hydrogens is 325 g/mol. The molecule has 1 aromatic rings. The Morgan fingerprint density at radius 1 is 1.56 bits per heavy atom. The van der Waals surface area contributed by atoms with Crippen molar-refractivity contribution in [1.82, 2.24) is 0 Å². The first-order valence-electron chi connectivity index (χ1n) is 4.85. The van der Waals surface area contributed by atoms with E-state index in [1.807, 2.05) is 22.6 Å². The fourth-order valence-electron chi connectivity index (χ4n) is 1.52. The molecule has 1 aliphatic rings. The molecular formula is C10H10INO4. The van der Waals surface area contributed by atoms with Crippen LogP contribution in [0.2, 0.25) is 0 Å². The fraction of sp³-hybridized carbons (Fsp3) is 0.400. The van der Waals surface area contributed by atoms with Crippen LogP contribution < -0.4 is 4.74 Å². The minimum atomic E-state index is -0.423. The van der Waals surface area contributed by atoms with Gasteiger partial charge in [-0.05, 0) is 34.7 Å². The summed E-state index contributed by atoms with van der Waals surface area (Å²) in [5.41, 5.74) is 0.0128. The van der Waals surface area contributed by atoms with Gasteiger partial charge in [0, 0.05) is 16.1 Å². The van der Waals surface area contributed by atoms with E-state index in [9.17, 15) is 10.1 Å². The Hall–Kier alpha value is -0.890. The van der Waals surface area contributed by atoms with Gasteiger partial charge in [-0.1, -0.05) is 0 Å². The summed E-state index contributed by atoms with van der Waals surface area (Å²) in [6.07, 6.45) is 0.710. The van der Waals surface area contributed by atoms with E-state index >= 15 is 0 Å². The van der Waals surface area contributed by atoms with Crippen molar-refractivity contribution in [3.8, 4) is 5.75 Å². The highest BCUT2D eigenvalue weighted by Crippen LogP contribution is 2.30. The molecule has 1 atom stereocenters. The molecule has 1 aliphatic heterocycles. The summed E-state index contributed by atoms with van der Waals surface area (Å²) >= 11 is 2.04. The largest absolute Gasteiger partial charge is 0.481 e. The fourth-order valence-corrected chi connectivity index (χ4v) is 1.99. The predicted octanol–water partition coefficient (Wildman–Crippen LogP) is 2.37. The molecule has 0 aromatic heterocycles. The van der Waals surface area contributed by atoms with Crippen molar-refractivity contribution in [3.05, 3.63) is 31.9 Å². The standard InChI is InChI=1S/C10H10INO4/c11-7-1-2-10(9(5-7)12(13)14)16-8-3-4-15-6-8/h1-2,5,8H,3-4,6H2. The van der Waals surface area contributed by atoms with Crippen molar-refractivity contribution < 1.29 is 14.4 Å². The van der Waals surface area contributed by atoms with Gasteiger partial charge in [-0.15, -0.1) is 0 Å². The summed E-state index contributed by atoms with van der Waals surface area (Å²) in [5, 5.41) is 10.8. The van der Waals surface area contributed by atoms with Gasteiger partial charge in [-0.25, -0.2) is 0 Å². The van der Waals surface area contributed by atoms with Gasteiger partial charge in [0.15, 0.2) is 5.75 Å². The highest BCUT2D eigenvalue weighted by Gasteiger charge is 2.22. The van der Waals surface area contributed by atoms with Crippen molar-refractivity contribution in [2.24, 2.45) is 0 Å². The van der Waals surface area contributed by atoms with E-state index in [4.69, 9.17) is 9.47 Å². The minimum absolute atomic E-state index is 0.0128. The van der Waals surface area contributed by atoms with Gasteiger partial charge in [0.25, 0.3) is 0 Å². The number of halogens is 1. The van der Waals surface area contributed by atoms with Crippen LogP contribution in [0.1, 0.15) is 6.42 Å². The second-order valence-electron chi connectivity index (χ2n) is 3.47. The molecule has 0 spiro atoms. The molecule has 0 bridgehead atoms. The van der Waals surface area contributed by atoms with Gasteiger partial charge < -0.3 is 9.47 Å². The average Bonchev–Trinajstić information content (AvgIpc) is 2.73. The lowest BCUT2D eigenvalue weighted by atomic mass is 10.2. The SMILES string of the molecule is O=[N+]([O-])c1cc(I)ccc1OC1CCOC1. The Morgan fingerprint density at radius 2 is 2.38 bits per heavy atom. The Kier molecular flexibility index (Phi) is 3.59. The molecule has 1 unspecified atom stereocenters. The molecule has 1 heterocycles. The monoisotopic (exact) mass is 335 g/mol. The number of nitrogens with zero attached hydrogens (tertiary/aromatic N) is 1. The zero-order valence-corrected chi connectivity index (χ0v) is 10.5. The van der Waals surface area contributed by atoms with Gasteiger partial charge in [0.2, 0.25) is 0 Å². The summed E-state index contributed by atoms with van der Waals surface area (Å²) in [5.74, 6) is 0.320. The van der Waals surface area contributed by atoms with Crippen LogP contribution in [-0.4, -0.2) is 24.2 Å². The Bertz CT molecular complexity index is 404. The lowest BCUT2D eigenvalue weighted by Crippen LogP contribution is -2.16. The molecule has 0 radical (unpaired) electrons. The topological polar surface area (TPSA) is 61.6 Å².